The fourth-order valence-electron chi connectivity index (χ4n) is 1.79. The molecule has 0 N–H and O–H groups in total. The Bertz CT molecular complexity index is 701. The number of hydrogen-bond acceptors (Lipinski definition) is 5. The molecule has 0 fully saturated rings. The predicted molar refractivity (Wildman–Crippen MR) is 68.7 cm³/mol. The average Bonchev–Trinajstić information content (AvgIpc) is 2.95. The highest BCUT2D eigenvalue weighted by atomic mass is 16.7. The quantitative estimate of drug-likeness (QED) is 0.617. The molecule has 2 aromatic rings. The van der Waals surface area contributed by atoms with Crippen LogP contribution in [0.15, 0.2) is 42.5 Å². The van der Waals surface area contributed by atoms with Gasteiger partial charge in [-0.3, -0.25) is 0 Å². The van der Waals surface area contributed by atoms with Crippen LogP contribution in [0.2, 0.25) is 0 Å². The van der Waals surface area contributed by atoms with Crippen molar-refractivity contribution in [2.24, 2.45) is 0 Å². The number of ether oxygens (including phenoxy) is 3. The van der Waals surface area contributed by atoms with Crippen LogP contribution in [-0.4, -0.2) is 12.8 Å². The van der Waals surface area contributed by atoms with Gasteiger partial charge in [0, 0.05) is 6.07 Å². The Morgan fingerprint density at radius 1 is 1.10 bits per heavy atom. The fraction of sp³-hybridized carbons (Fsp3) is 0.0667. The van der Waals surface area contributed by atoms with Gasteiger partial charge in [-0.15, -0.1) is 0 Å². The number of carbonyl (C=O) groups excluding carboxylic acids is 1. The van der Waals surface area contributed by atoms with Crippen LogP contribution in [0.3, 0.4) is 0 Å². The molecule has 0 spiro atoms. The van der Waals surface area contributed by atoms with E-state index in [1.54, 1.807) is 42.5 Å². The molecular formula is C15H9NO4. The predicted octanol–water partition coefficient (Wildman–Crippen LogP) is 2.51. The van der Waals surface area contributed by atoms with Crippen LogP contribution in [0.5, 0.6) is 17.2 Å². The summed E-state index contributed by atoms with van der Waals surface area (Å²) in [6.07, 6.45) is 0. The van der Waals surface area contributed by atoms with Gasteiger partial charge in [-0.05, 0) is 36.4 Å². The number of rotatable bonds is 2. The minimum atomic E-state index is -0.492. The second-order valence-electron chi connectivity index (χ2n) is 4.09. The van der Waals surface area contributed by atoms with Gasteiger partial charge in [-0.25, -0.2) is 4.79 Å². The van der Waals surface area contributed by atoms with Crippen molar-refractivity contribution in [3.05, 3.63) is 53.6 Å². The number of carbonyl (C=O) groups is 1. The summed E-state index contributed by atoms with van der Waals surface area (Å²) in [7, 11) is 0. The average molecular weight is 267 g/mol. The molecule has 0 aliphatic carbocycles. The zero-order valence-corrected chi connectivity index (χ0v) is 10.3. The monoisotopic (exact) mass is 267 g/mol. The summed E-state index contributed by atoms with van der Waals surface area (Å²) < 4.78 is 15.6. The van der Waals surface area contributed by atoms with Gasteiger partial charge in [0.2, 0.25) is 6.79 Å². The molecule has 3 rings (SSSR count). The van der Waals surface area contributed by atoms with Gasteiger partial charge in [0.05, 0.1) is 17.2 Å². The highest BCUT2D eigenvalue weighted by Crippen LogP contribution is 2.35. The summed E-state index contributed by atoms with van der Waals surface area (Å²) in [5.74, 6) is 1.07. The van der Waals surface area contributed by atoms with Gasteiger partial charge in [0.15, 0.2) is 11.5 Å². The number of nitrogens with zero attached hydrogens (tertiary/aromatic N) is 1. The van der Waals surface area contributed by atoms with Gasteiger partial charge < -0.3 is 14.2 Å². The normalized spacial score (nSPS) is 11.8. The standard InChI is InChI=1S/C15H9NO4/c16-8-10-1-3-11(4-2-10)15(17)20-12-5-6-13-14(7-12)19-9-18-13/h1-7H,9H2. The summed E-state index contributed by atoms with van der Waals surface area (Å²) in [5.41, 5.74) is 0.867. The molecule has 0 saturated heterocycles. The minimum Gasteiger partial charge on any atom is -0.454 e. The fourth-order valence-corrected chi connectivity index (χ4v) is 1.79. The van der Waals surface area contributed by atoms with E-state index in [2.05, 4.69) is 0 Å². The number of fused-ring (bicyclic) bond motifs is 1. The molecule has 0 radical (unpaired) electrons. The Labute approximate surface area is 114 Å². The van der Waals surface area contributed by atoms with E-state index < -0.39 is 5.97 Å². The number of esters is 1. The van der Waals surface area contributed by atoms with Crippen molar-refractivity contribution >= 4 is 5.97 Å². The van der Waals surface area contributed by atoms with Gasteiger partial charge >= 0.3 is 5.97 Å². The smallest absolute Gasteiger partial charge is 0.343 e. The maximum Gasteiger partial charge on any atom is 0.343 e. The molecule has 0 amide bonds. The van der Waals surface area contributed by atoms with Crippen LogP contribution in [0.4, 0.5) is 0 Å². The maximum absolute atomic E-state index is 11.9. The topological polar surface area (TPSA) is 68.6 Å². The van der Waals surface area contributed by atoms with Crippen molar-refractivity contribution in [1.29, 1.82) is 5.26 Å². The third-order valence-corrected chi connectivity index (χ3v) is 2.80. The Morgan fingerprint density at radius 2 is 1.85 bits per heavy atom. The Hall–Kier alpha value is -3.00. The van der Waals surface area contributed by atoms with Gasteiger partial charge in [-0.1, -0.05) is 0 Å². The third-order valence-electron chi connectivity index (χ3n) is 2.80. The van der Waals surface area contributed by atoms with Crippen molar-refractivity contribution in [3.63, 3.8) is 0 Å². The summed E-state index contributed by atoms with van der Waals surface area (Å²) in [6, 6.07) is 13.1. The van der Waals surface area contributed by atoms with Crippen LogP contribution in [0, 0.1) is 11.3 Å². The van der Waals surface area contributed by atoms with E-state index in [1.807, 2.05) is 6.07 Å². The second kappa shape index (κ2) is 4.94. The molecule has 0 bridgehead atoms. The molecule has 1 aliphatic rings. The molecule has 98 valence electrons. The van der Waals surface area contributed by atoms with Crippen molar-refractivity contribution in [2.45, 2.75) is 0 Å². The van der Waals surface area contributed by atoms with E-state index in [-0.39, 0.29) is 6.79 Å². The lowest BCUT2D eigenvalue weighted by atomic mass is 10.1. The molecule has 0 atom stereocenters. The highest BCUT2D eigenvalue weighted by molar-refractivity contribution is 5.91. The van der Waals surface area contributed by atoms with Crippen LogP contribution < -0.4 is 14.2 Å². The van der Waals surface area contributed by atoms with Crippen LogP contribution >= 0.6 is 0 Å². The second-order valence-corrected chi connectivity index (χ2v) is 4.09. The van der Waals surface area contributed by atoms with Crippen LogP contribution in [0.25, 0.3) is 0 Å². The van der Waals surface area contributed by atoms with E-state index in [0.717, 1.165) is 0 Å². The zero-order chi connectivity index (χ0) is 13.9. The maximum atomic E-state index is 11.9. The van der Waals surface area contributed by atoms with Crippen molar-refractivity contribution in [1.82, 2.24) is 0 Å². The van der Waals surface area contributed by atoms with Crippen molar-refractivity contribution in [2.75, 3.05) is 6.79 Å². The molecule has 5 heteroatoms. The van der Waals surface area contributed by atoms with E-state index in [4.69, 9.17) is 19.5 Å². The Morgan fingerprint density at radius 3 is 2.60 bits per heavy atom. The molecule has 20 heavy (non-hydrogen) atoms. The Balaban J connectivity index is 1.77. The first-order valence-electron chi connectivity index (χ1n) is 5.88. The highest BCUT2D eigenvalue weighted by Gasteiger charge is 2.15. The summed E-state index contributed by atoms with van der Waals surface area (Å²) in [5, 5.41) is 8.70. The van der Waals surface area contributed by atoms with E-state index in [1.165, 1.54) is 0 Å². The van der Waals surface area contributed by atoms with Gasteiger partial charge in [0.1, 0.15) is 5.75 Å². The number of nitriles is 1. The van der Waals surface area contributed by atoms with Gasteiger partial charge in [0.25, 0.3) is 0 Å². The summed E-state index contributed by atoms with van der Waals surface area (Å²) in [6.45, 7) is 0.169. The van der Waals surface area contributed by atoms with Crippen LogP contribution in [0.1, 0.15) is 15.9 Å². The lowest BCUT2D eigenvalue weighted by Gasteiger charge is -2.05. The first-order chi connectivity index (χ1) is 9.76. The van der Waals surface area contributed by atoms with Crippen LogP contribution in [-0.2, 0) is 0 Å². The van der Waals surface area contributed by atoms with Crippen molar-refractivity contribution in [3.8, 4) is 23.3 Å². The largest absolute Gasteiger partial charge is 0.454 e. The Kier molecular flexibility index (Phi) is 2.98. The first-order valence-corrected chi connectivity index (χ1v) is 5.88. The van der Waals surface area contributed by atoms with E-state index in [0.29, 0.717) is 28.4 Å². The molecule has 2 aromatic carbocycles. The zero-order valence-electron chi connectivity index (χ0n) is 10.3. The molecule has 5 nitrogen and oxygen atoms in total. The summed E-state index contributed by atoms with van der Waals surface area (Å²) in [4.78, 5) is 11.9. The van der Waals surface area contributed by atoms with Gasteiger partial charge in [-0.2, -0.15) is 5.26 Å². The van der Waals surface area contributed by atoms with E-state index >= 15 is 0 Å². The molecule has 0 aromatic heterocycles. The third kappa shape index (κ3) is 2.27. The first kappa shape index (κ1) is 12.1. The lowest BCUT2D eigenvalue weighted by Crippen LogP contribution is -2.08. The van der Waals surface area contributed by atoms with Crippen molar-refractivity contribution < 1.29 is 19.0 Å². The number of benzene rings is 2. The van der Waals surface area contributed by atoms with E-state index in [9.17, 15) is 4.79 Å². The SMILES string of the molecule is N#Cc1ccc(C(=O)Oc2ccc3c(c2)OCO3)cc1. The molecular weight excluding hydrogens is 258 g/mol. The number of hydrogen-bond donors (Lipinski definition) is 0. The summed E-state index contributed by atoms with van der Waals surface area (Å²) >= 11 is 0. The molecule has 1 heterocycles. The molecule has 0 saturated carbocycles. The minimum absolute atomic E-state index is 0.169. The lowest BCUT2D eigenvalue weighted by molar-refractivity contribution is 0.0734. The molecule has 1 aliphatic heterocycles. The molecule has 0 unspecified atom stereocenters.